The maximum atomic E-state index is 12.8. The van der Waals surface area contributed by atoms with Crippen molar-refractivity contribution in [1.82, 2.24) is 4.98 Å². The number of amides is 1. The van der Waals surface area contributed by atoms with Gasteiger partial charge in [0.2, 0.25) is 11.3 Å². The Morgan fingerprint density at radius 3 is 2.57 bits per heavy atom. The van der Waals surface area contributed by atoms with Gasteiger partial charge in [-0.2, -0.15) is 0 Å². The zero-order valence-electron chi connectivity index (χ0n) is 15.2. The van der Waals surface area contributed by atoms with E-state index in [0.717, 1.165) is 17.3 Å². The summed E-state index contributed by atoms with van der Waals surface area (Å²) in [4.78, 5) is 40.2. The Hall–Kier alpha value is -2.77. The third-order valence-electron chi connectivity index (χ3n) is 4.00. The van der Waals surface area contributed by atoms with Gasteiger partial charge in [-0.3, -0.25) is 9.59 Å². The normalized spacial score (nSPS) is 10.7. The van der Waals surface area contributed by atoms with Crippen molar-refractivity contribution in [2.24, 2.45) is 0 Å². The van der Waals surface area contributed by atoms with Crippen molar-refractivity contribution < 1.29 is 14.3 Å². The topological polar surface area (TPSA) is 88.3 Å². The molecule has 0 saturated heterocycles. The van der Waals surface area contributed by atoms with E-state index in [-0.39, 0.29) is 27.6 Å². The Kier molecular flexibility index (Phi) is 6.06. The fraction of sp³-hybridized carbons (Fsp3) is 0.150. The van der Waals surface area contributed by atoms with Crippen LogP contribution in [-0.2, 0) is 9.53 Å². The fourth-order valence-electron chi connectivity index (χ4n) is 2.60. The number of hydrogen-bond acceptors (Lipinski definition) is 5. The molecule has 1 aromatic heterocycles. The van der Waals surface area contributed by atoms with Gasteiger partial charge in [-0.1, -0.05) is 41.1 Å². The lowest BCUT2D eigenvalue weighted by Gasteiger charge is -2.10. The first-order valence-electron chi connectivity index (χ1n) is 8.32. The highest BCUT2D eigenvalue weighted by atomic mass is 35.5. The SMILES string of the molecule is COC(=O)c1c(SCC(=O)Nc2ccc(C)cc2)[nH]c2ccc(Cl)cc2c1=O. The molecule has 28 heavy (non-hydrogen) atoms. The number of fused-ring (bicyclic) bond motifs is 1. The molecular formula is C20H17ClN2O4S. The van der Waals surface area contributed by atoms with Gasteiger partial charge in [-0.05, 0) is 37.3 Å². The predicted octanol–water partition coefficient (Wildman–Crippen LogP) is 4.01. The molecule has 0 saturated carbocycles. The predicted molar refractivity (Wildman–Crippen MR) is 111 cm³/mol. The van der Waals surface area contributed by atoms with E-state index in [1.807, 2.05) is 19.1 Å². The molecule has 3 aromatic rings. The minimum Gasteiger partial charge on any atom is -0.465 e. The van der Waals surface area contributed by atoms with Crippen LogP contribution < -0.4 is 10.7 Å². The number of halogens is 1. The van der Waals surface area contributed by atoms with E-state index in [1.165, 1.54) is 13.2 Å². The van der Waals surface area contributed by atoms with Gasteiger partial charge in [0.1, 0.15) is 5.56 Å². The first kappa shape index (κ1) is 20.0. The molecule has 0 fully saturated rings. The third kappa shape index (κ3) is 4.37. The molecular weight excluding hydrogens is 400 g/mol. The van der Waals surface area contributed by atoms with Crippen LogP contribution in [-0.4, -0.2) is 29.7 Å². The van der Waals surface area contributed by atoms with Gasteiger partial charge >= 0.3 is 5.97 Å². The lowest BCUT2D eigenvalue weighted by atomic mass is 10.1. The number of benzene rings is 2. The standard InChI is InChI=1S/C20H17ClN2O4S/c1-11-3-6-13(7-4-11)22-16(24)10-28-19-17(20(26)27-2)18(25)14-9-12(21)5-8-15(14)23-19/h3-9H,10H2,1-2H3,(H,22,24)(H,23,25). The number of ether oxygens (including phenoxy) is 1. The second kappa shape index (κ2) is 8.50. The number of thioether (sulfide) groups is 1. The van der Waals surface area contributed by atoms with Gasteiger partial charge in [0, 0.05) is 16.1 Å². The van der Waals surface area contributed by atoms with Gasteiger partial charge < -0.3 is 15.0 Å². The van der Waals surface area contributed by atoms with Crippen LogP contribution in [0.2, 0.25) is 5.02 Å². The Bertz CT molecular complexity index is 1110. The Morgan fingerprint density at radius 2 is 1.89 bits per heavy atom. The maximum absolute atomic E-state index is 12.8. The lowest BCUT2D eigenvalue weighted by Crippen LogP contribution is -2.20. The van der Waals surface area contributed by atoms with Crippen molar-refractivity contribution in [3.8, 4) is 0 Å². The molecule has 0 unspecified atom stereocenters. The van der Waals surface area contributed by atoms with Gasteiger partial charge in [-0.15, -0.1) is 0 Å². The summed E-state index contributed by atoms with van der Waals surface area (Å²) >= 11 is 7.01. The number of carbonyl (C=O) groups is 2. The molecule has 3 rings (SSSR count). The van der Waals surface area contributed by atoms with Crippen molar-refractivity contribution in [2.45, 2.75) is 11.9 Å². The van der Waals surface area contributed by atoms with Gasteiger partial charge in [0.05, 0.1) is 23.4 Å². The number of hydrogen-bond donors (Lipinski definition) is 2. The monoisotopic (exact) mass is 416 g/mol. The summed E-state index contributed by atoms with van der Waals surface area (Å²) in [6.07, 6.45) is 0. The molecule has 0 atom stereocenters. The molecule has 0 radical (unpaired) electrons. The summed E-state index contributed by atoms with van der Waals surface area (Å²) < 4.78 is 4.74. The van der Waals surface area contributed by atoms with E-state index in [4.69, 9.17) is 16.3 Å². The number of aryl methyl sites for hydroxylation is 1. The van der Waals surface area contributed by atoms with Crippen molar-refractivity contribution in [3.63, 3.8) is 0 Å². The molecule has 0 spiro atoms. The molecule has 0 aliphatic heterocycles. The summed E-state index contributed by atoms with van der Waals surface area (Å²) in [6, 6.07) is 12.2. The van der Waals surface area contributed by atoms with Crippen LogP contribution in [0, 0.1) is 6.92 Å². The number of aromatic nitrogens is 1. The number of anilines is 1. The number of pyridine rings is 1. The summed E-state index contributed by atoms with van der Waals surface area (Å²) in [5.74, 6) is -1.03. The number of methoxy groups -OCH3 is 1. The van der Waals surface area contributed by atoms with Crippen LogP contribution in [0.3, 0.4) is 0 Å². The summed E-state index contributed by atoms with van der Waals surface area (Å²) in [6.45, 7) is 1.96. The molecule has 2 aromatic carbocycles. The smallest absolute Gasteiger partial charge is 0.344 e. The van der Waals surface area contributed by atoms with E-state index in [1.54, 1.807) is 24.3 Å². The zero-order valence-corrected chi connectivity index (χ0v) is 16.7. The van der Waals surface area contributed by atoms with E-state index in [2.05, 4.69) is 10.3 Å². The number of esters is 1. The quantitative estimate of drug-likeness (QED) is 0.484. The molecule has 0 bridgehead atoms. The average Bonchev–Trinajstić information content (AvgIpc) is 2.68. The summed E-state index contributed by atoms with van der Waals surface area (Å²) in [7, 11) is 1.20. The van der Waals surface area contributed by atoms with E-state index in [9.17, 15) is 14.4 Å². The highest BCUT2D eigenvalue weighted by Gasteiger charge is 2.21. The maximum Gasteiger partial charge on any atom is 0.344 e. The Labute approximate surface area is 170 Å². The molecule has 8 heteroatoms. The number of rotatable bonds is 5. The van der Waals surface area contributed by atoms with Crippen LogP contribution in [0.5, 0.6) is 0 Å². The van der Waals surface area contributed by atoms with Crippen LogP contribution in [0.1, 0.15) is 15.9 Å². The van der Waals surface area contributed by atoms with Gasteiger partial charge in [-0.25, -0.2) is 4.79 Å². The van der Waals surface area contributed by atoms with Crippen LogP contribution >= 0.6 is 23.4 Å². The van der Waals surface area contributed by atoms with E-state index < -0.39 is 11.4 Å². The summed E-state index contributed by atoms with van der Waals surface area (Å²) in [5, 5.41) is 3.71. The number of H-pyrrole nitrogens is 1. The third-order valence-corrected chi connectivity index (χ3v) is 5.24. The van der Waals surface area contributed by atoms with Crippen molar-refractivity contribution in [3.05, 3.63) is 68.8 Å². The molecule has 1 amide bonds. The molecule has 6 nitrogen and oxygen atoms in total. The second-order valence-electron chi connectivity index (χ2n) is 6.04. The van der Waals surface area contributed by atoms with Crippen molar-refractivity contribution in [2.75, 3.05) is 18.2 Å². The van der Waals surface area contributed by atoms with Crippen molar-refractivity contribution >= 4 is 51.8 Å². The largest absolute Gasteiger partial charge is 0.465 e. The zero-order chi connectivity index (χ0) is 20.3. The first-order valence-corrected chi connectivity index (χ1v) is 9.68. The number of aromatic amines is 1. The van der Waals surface area contributed by atoms with Crippen LogP contribution in [0.25, 0.3) is 10.9 Å². The first-order chi connectivity index (χ1) is 13.4. The Morgan fingerprint density at radius 1 is 1.18 bits per heavy atom. The minimum absolute atomic E-state index is 0.00685. The fourth-order valence-corrected chi connectivity index (χ4v) is 3.63. The Balaban J connectivity index is 1.88. The van der Waals surface area contributed by atoms with E-state index in [0.29, 0.717) is 16.2 Å². The summed E-state index contributed by atoms with van der Waals surface area (Å²) in [5.41, 5.74) is 1.63. The van der Waals surface area contributed by atoms with Crippen LogP contribution in [0.4, 0.5) is 5.69 Å². The van der Waals surface area contributed by atoms with Gasteiger partial charge in [0.15, 0.2) is 0 Å². The molecule has 0 aliphatic carbocycles. The lowest BCUT2D eigenvalue weighted by molar-refractivity contribution is -0.113. The van der Waals surface area contributed by atoms with Gasteiger partial charge in [0.25, 0.3) is 0 Å². The molecule has 2 N–H and O–H groups in total. The number of carbonyl (C=O) groups excluding carboxylic acids is 2. The van der Waals surface area contributed by atoms with Crippen LogP contribution in [0.15, 0.2) is 52.3 Å². The van der Waals surface area contributed by atoms with E-state index >= 15 is 0 Å². The average molecular weight is 417 g/mol. The second-order valence-corrected chi connectivity index (χ2v) is 7.46. The number of nitrogens with one attached hydrogen (secondary N) is 2. The minimum atomic E-state index is -0.774. The highest BCUT2D eigenvalue weighted by Crippen LogP contribution is 2.24. The molecule has 144 valence electrons. The van der Waals surface area contributed by atoms with Crippen molar-refractivity contribution in [1.29, 1.82) is 0 Å². The molecule has 1 heterocycles. The molecule has 0 aliphatic rings. The highest BCUT2D eigenvalue weighted by molar-refractivity contribution is 8.00.